The molecule has 0 aromatic heterocycles. The highest BCUT2D eigenvalue weighted by Crippen LogP contribution is 2.37. The van der Waals surface area contributed by atoms with Crippen LogP contribution in [0.3, 0.4) is 0 Å². The highest BCUT2D eigenvalue weighted by molar-refractivity contribution is 6.32. The van der Waals surface area contributed by atoms with Gasteiger partial charge in [-0.1, -0.05) is 48.9 Å². The molecule has 4 nitrogen and oxygen atoms in total. The smallest absolute Gasteiger partial charge is 0.180 e. The predicted molar refractivity (Wildman–Crippen MR) is 123 cm³/mol. The fourth-order valence-electron chi connectivity index (χ4n) is 2.60. The van der Waals surface area contributed by atoms with E-state index in [2.05, 4.69) is 17.6 Å². The molecule has 7 heteroatoms. The first-order chi connectivity index (χ1) is 12.7. The Morgan fingerprint density at radius 1 is 0.893 bits per heavy atom. The van der Waals surface area contributed by atoms with Gasteiger partial charge in [0, 0.05) is 6.54 Å². The molecular weight excluding hydrogens is 419 g/mol. The van der Waals surface area contributed by atoms with E-state index in [1.54, 1.807) is 0 Å². The molecule has 2 N–H and O–H groups in total. The molecule has 0 fully saturated rings. The number of hydrogen-bond acceptors (Lipinski definition) is 4. The summed E-state index contributed by atoms with van der Waals surface area (Å²) in [6.07, 6.45) is 1.10. The Labute approximate surface area is 186 Å². The van der Waals surface area contributed by atoms with Crippen LogP contribution in [-0.4, -0.2) is 26.2 Å². The van der Waals surface area contributed by atoms with Gasteiger partial charge < -0.3 is 20.1 Å². The monoisotopic (exact) mass is 448 g/mol. The van der Waals surface area contributed by atoms with E-state index >= 15 is 0 Å². The van der Waals surface area contributed by atoms with Crippen molar-refractivity contribution in [3.63, 3.8) is 0 Å². The molecule has 2 aromatic rings. The molecule has 0 radical (unpaired) electrons. The summed E-state index contributed by atoms with van der Waals surface area (Å²) in [4.78, 5) is 0. The van der Waals surface area contributed by atoms with Crippen LogP contribution in [0, 0.1) is 0 Å². The first kappa shape index (κ1) is 26.8. The molecule has 158 valence electrons. The highest BCUT2D eigenvalue weighted by Gasteiger charge is 2.13. The lowest BCUT2D eigenvalue weighted by Crippen LogP contribution is -2.21. The minimum absolute atomic E-state index is 0. The summed E-state index contributed by atoms with van der Waals surface area (Å²) < 4.78 is 11.7. The SMILES string of the molecule is CCNCCCNCc1cc(Cl)c(OCc2ccccc2)c(OCC)c1.Cl.Cl. The van der Waals surface area contributed by atoms with Crippen LogP contribution in [0.25, 0.3) is 0 Å². The van der Waals surface area contributed by atoms with Crippen LogP contribution in [0.15, 0.2) is 42.5 Å². The van der Waals surface area contributed by atoms with E-state index < -0.39 is 0 Å². The maximum absolute atomic E-state index is 6.48. The van der Waals surface area contributed by atoms with Crippen LogP contribution in [0.4, 0.5) is 0 Å². The number of nitrogens with one attached hydrogen (secondary N) is 2. The van der Waals surface area contributed by atoms with Gasteiger partial charge in [0.15, 0.2) is 11.5 Å². The minimum Gasteiger partial charge on any atom is -0.490 e. The van der Waals surface area contributed by atoms with E-state index in [1.165, 1.54) is 0 Å². The molecule has 2 rings (SSSR count). The van der Waals surface area contributed by atoms with Crippen LogP contribution in [0.5, 0.6) is 11.5 Å². The lowest BCUT2D eigenvalue weighted by molar-refractivity contribution is 0.269. The van der Waals surface area contributed by atoms with Crippen molar-refractivity contribution in [2.24, 2.45) is 0 Å². The molecule has 0 atom stereocenters. The number of ether oxygens (including phenoxy) is 2. The van der Waals surface area contributed by atoms with Crippen LogP contribution < -0.4 is 20.1 Å². The van der Waals surface area contributed by atoms with Crippen molar-refractivity contribution >= 4 is 36.4 Å². The van der Waals surface area contributed by atoms with Crippen molar-refractivity contribution in [1.82, 2.24) is 10.6 Å². The maximum Gasteiger partial charge on any atom is 0.180 e. The van der Waals surface area contributed by atoms with Gasteiger partial charge >= 0.3 is 0 Å². The van der Waals surface area contributed by atoms with E-state index in [1.807, 2.05) is 49.4 Å². The van der Waals surface area contributed by atoms with Crippen molar-refractivity contribution in [2.45, 2.75) is 33.4 Å². The van der Waals surface area contributed by atoms with Crippen LogP contribution >= 0.6 is 36.4 Å². The van der Waals surface area contributed by atoms with E-state index in [4.69, 9.17) is 21.1 Å². The summed E-state index contributed by atoms with van der Waals surface area (Å²) in [5.74, 6) is 1.30. The average molecular weight is 450 g/mol. The zero-order chi connectivity index (χ0) is 18.6. The second kappa shape index (κ2) is 15.7. The van der Waals surface area contributed by atoms with Crippen molar-refractivity contribution < 1.29 is 9.47 Å². The van der Waals surface area contributed by atoms with Crippen LogP contribution in [-0.2, 0) is 13.2 Å². The third-order valence-electron chi connectivity index (χ3n) is 3.88. The number of halogens is 3. The summed E-state index contributed by atoms with van der Waals surface area (Å²) in [6.45, 7) is 8.86. The molecule has 0 aliphatic rings. The van der Waals surface area contributed by atoms with Crippen molar-refractivity contribution in [2.75, 3.05) is 26.2 Å². The summed E-state index contributed by atoms with van der Waals surface area (Å²) in [5.41, 5.74) is 2.19. The topological polar surface area (TPSA) is 42.5 Å². The molecule has 0 saturated carbocycles. The van der Waals surface area contributed by atoms with Gasteiger partial charge in [-0.25, -0.2) is 0 Å². The van der Waals surface area contributed by atoms with Gasteiger partial charge in [-0.15, -0.1) is 24.8 Å². The molecule has 0 saturated heterocycles. The van der Waals surface area contributed by atoms with Crippen molar-refractivity contribution in [3.8, 4) is 11.5 Å². The zero-order valence-electron chi connectivity index (χ0n) is 16.5. The minimum atomic E-state index is 0. The Kier molecular flexibility index (Phi) is 15.1. The predicted octanol–water partition coefficient (Wildman–Crippen LogP) is 5.25. The average Bonchev–Trinajstić information content (AvgIpc) is 2.65. The summed E-state index contributed by atoms with van der Waals surface area (Å²) >= 11 is 6.48. The summed E-state index contributed by atoms with van der Waals surface area (Å²) in [5, 5.41) is 7.34. The molecule has 0 unspecified atom stereocenters. The van der Waals surface area contributed by atoms with E-state index in [-0.39, 0.29) is 24.8 Å². The van der Waals surface area contributed by atoms with E-state index in [0.29, 0.717) is 29.7 Å². The second-order valence-corrected chi connectivity index (χ2v) is 6.40. The molecule has 0 spiro atoms. The van der Waals surface area contributed by atoms with Gasteiger partial charge in [-0.05, 0) is 56.2 Å². The Morgan fingerprint density at radius 2 is 1.61 bits per heavy atom. The van der Waals surface area contributed by atoms with Gasteiger partial charge in [0.25, 0.3) is 0 Å². The Morgan fingerprint density at radius 3 is 2.29 bits per heavy atom. The van der Waals surface area contributed by atoms with Crippen LogP contribution in [0.1, 0.15) is 31.4 Å². The summed E-state index contributed by atoms with van der Waals surface area (Å²) in [6, 6.07) is 14.0. The second-order valence-electron chi connectivity index (χ2n) is 6.00. The largest absolute Gasteiger partial charge is 0.490 e. The maximum atomic E-state index is 6.48. The molecule has 0 aliphatic heterocycles. The summed E-state index contributed by atoms with van der Waals surface area (Å²) in [7, 11) is 0. The third kappa shape index (κ3) is 9.35. The fraction of sp³-hybridized carbons (Fsp3) is 0.429. The highest BCUT2D eigenvalue weighted by atomic mass is 35.5. The zero-order valence-corrected chi connectivity index (χ0v) is 18.9. The Balaban J connectivity index is 0.00000364. The quantitative estimate of drug-likeness (QED) is 0.434. The van der Waals surface area contributed by atoms with Gasteiger partial charge in [-0.2, -0.15) is 0 Å². The molecule has 28 heavy (non-hydrogen) atoms. The van der Waals surface area contributed by atoms with Gasteiger partial charge in [-0.3, -0.25) is 0 Å². The molecular formula is C21H31Cl3N2O2. The van der Waals surface area contributed by atoms with Crippen LogP contribution in [0.2, 0.25) is 5.02 Å². The Bertz CT molecular complexity index is 658. The Hall–Kier alpha value is -1.17. The molecule has 0 aliphatic carbocycles. The van der Waals surface area contributed by atoms with Crippen molar-refractivity contribution in [1.29, 1.82) is 0 Å². The normalized spacial score (nSPS) is 9.96. The van der Waals surface area contributed by atoms with E-state index in [9.17, 15) is 0 Å². The third-order valence-corrected chi connectivity index (χ3v) is 4.16. The molecule has 2 aromatic carbocycles. The van der Waals surface area contributed by atoms with Crippen molar-refractivity contribution in [3.05, 3.63) is 58.6 Å². The molecule has 0 heterocycles. The fourth-order valence-corrected chi connectivity index (χ4v) is 2.89. The molecule has 0 bridgehead atoms. The lowest BCUT2D eigenvalue weighted by Gasteiger charge is -2.16. The first-order valence-electron chi connectivity index (χ1n) is 9.28. The van der Waals surface area contributed by atoms with Gasteiger partial charge in [0.05, 0.1) is 11.6 Å². The number of rotatable bonds is 12. The standard InChI is InChI=1S/C21H29ClN2O2.2ClH/c1-3-23-11-8-12-24-15-18-13-19(22)21(20(14-18)25-4-2)26-16-17-9-6-5-7-10-17;;/h5-7,9-10,13-14,23-24H,3-4,8,11-12,15-16H2,1-2H3;2*1H. The van der Waals surface area contributed by atoms with Gasteiger partial charge in [0.1, 0.15) is 6.61 Å². The molecule has 0 amide bonds. The van der Waals surface area contributed by atoms with Gasteiger partial charge in [0.2, 0.25) is 0 Å². The first-order valence-corrected chi connectivity index (χ1v) is 9.65. The lowest BCUT2D eigenvalue weighted by atomic mass is 10.2. The number of hydrogen-bond donors (Lipinski definition) is 2. The number of benzene rings is 2. The van der Waals surface area contributed by atoms with E-state index in [0.717, 1.165) is 43.7 Å².